The number of pyridine rings is 1. The summed E-state index contributed by atoms with van der Waals surface area (Å²) >= 11 is 5.15. The third-order valence-electron chi connectivity index (χ3n) is 4.56. The zero-order valence-corrected chi connectivity index (χ0v) is 16.1. The van der Waals surface area contributed by atoms with Gasteiger partial charge in [0.15, 0.2) is 6.61 Å². The van der Waals surface area contributed by atoms with E-state index in [0.29, 0.717) is 11.7 Å². The summed E-state index contributed by atoms with van der Waals surface area (Å²) in [6.07, 6.45) is 6.30. The molecule has 7 nitrogen and oxygen atoms in total. The number of aromatic nitrogens is 3. The number of hydrogen-bond acceptors (Lipinski definition) is 6. The van der Waals surface area contributed by atoms with E-state index >= 15 is 0 Å². The predicted molar refractivity (Wildman–Crippen MR) is 106 cm³/mol. The van der Waals surface area contributed by atoms with Gasteiger partial charge in [0.05, 0.1) is 0 Å². The number of aryl methyl sites for hydroxylation is 2. The maximum atomic E-state index is 12.1. The molecular weight excluding hydrogens is 376 g/mol. The highest BCUT2D eigenvalue weighted by Crippen LogP contribution is 2.25. The van der Waals surface area contributed by atoms with Gasteiger partial charge in [-0.15, -0.1) is 5.10 Å². The number of nitrogens with zero attached hydrogens (tertiary/aromatic N) is 3. The van der Waals surface area contributed by atoms with Gasteiger partial charge in [-0.25, -0.2) is 9.67 Å². The number of carbonyl (C=O) groups excluding carboxylic acids is 1. The molecule has 0 saturated carbocycles. The topological polar surface area (TPSA) is 82.2 Å². The summed E-state index contributed by atoms with van der Waals surface area (Å²) in [6.45, 7) is 0.0923. The van der Waals surface area contributed by atoms with E-state index in [1.807, 2.05) is 6.07 Å². The average molecular weight is 396 g/mol. The van der Waals surface area contributed by atoms with E-state index in [1.165, 1.54) is 28.7 Å². The van der Waals surface area contributed by atoms with E-state index in [0.717, 1.165) is 18.6 Å². The molecule has 0 unspecified atom stereocenters. The summed E-state index contributed by atoms with van der Waals surface area (Å²) in [7, 11) is 0. The Morgan fingerprint density at radius 3 is 2.89 bits per heavy atom. The second-order valence-corrected chi connectivity index (χ2v) is 6.96. The highest BCUT2D eigenvalue weighted by Gasteiger charge is 2.13. The monoisotopic (exact) mass is 396 g/mol. The molecule has 1 aromatic carbocycles. The minimum absolute atomic E-state index is 0.0578. The number of carbonyl (C=O) groups is 1. The number of benzene rings is 1. The first-order valence-electron chi connectivity index (χ1n) is 9.20. The number of amides is 1. The van der Waals surface area contributed by atoms with Gasteiger partial charge in [0, 0.05) is 6.20 Å². The Morgan fingerprint density at radius 1 is 1.21 bits per heavy atom. The Labute approximate surface area is 167 Å². The maximum absolute atomic E-state index is 12.1. The van der Waals surface area contributed by atoms with Crippen LogP contribution >= 0.6 is 12.2 Å². The SMILES string of the molecule is O=C(Cn1nc(COc2ccc3c(c2)CCCC3)oc1=S)Nc1ccccn1. The standard InChI is InChI=1S/C20H20N4O3S/c25-18(22-17-7-3-4-10-21-17)12-24-20(28)27-19(23-24)13-26-16-9-8-14-5-1-2-6-15(14)11-16/h3-4,7-11H,1-2,5-6,12-13H2,(H,21,22,25). The molecule has 0 saturated heterocycles. The third-order valence-corrected chi connectivity index (χ3v) is 4.85. The summed E-state index contributed by atoms with van der Waals surface area (Å²) < 4.78 is 12.6. The first-order valence-corrected chi connectivity index (χ1v) is 9.60. The average Bonchev–Trinajstić information content (AvgIpc) is 3.06. The molecule has 8 heteroatoms. The molecule has 0 aliphatic heterocycles. The Kier molecular flexibility index (Phi) is 5.48. The second kappa shape index (κ2) is 8.35. The van der Waals surface area contributed by atoms with E-state index in [9.17, 15) is 4.79 Å². The lowest BCUT2D eigenvalue weighted by molar-refractivity contribution is -0.117. The van der Waals surface area contributed by atoms with Gasteiger partial charge in [0.25, 0.3) is 10.7 Å². The maximum Gasteiger partial charge on any atom is 0.287 e. The van der Waals surface area contributed by atoms with Crippen molar-refractivity contribution in [3.8, 4) is 5.75 Å². The first kappa shape index (κ1) is 18.4. The van der Waals surface area contributed by atoms with Crippen LogP contribution < -0.4 is 10.1 Å². The van der Waals surface area contributed by atoms with Crippen LogP contribution in [0.1, 0.15) is 29.9 Å². The molecule has 0 atom stereocenters. The van der Waals surface area contributed by atoms with Crippen LogP contribution in [-0.4, -0.2) is 20.7 Å². The number of nitrogens with one attached hydrogen (secondary N) is 1. The van der Waals surface area contributed by atoms with Crippen molar-refractivity contribution >= 4 is 23.9 Å². The molecule has 0 bridgehead atoms. The van der Waals surface area contributed by atoms with Crippen LogP contribution in [0.3, 0.4) is 0 Å². The van der Waals surface area contributed by atoms with E-state index in [2.05, 4.69) is 27.5 Å². The number of fused-ring (bicyclic) bond motifs is 1. The van der Waals surface area contributed by atoms with Crippen molar-refractivity contribution in [2.75, 3.05) is 5.32 Å². The predicted octanol–water partition coefficient (Wildman–Crippen LogP) is 3.70. The largest absolute Gasteiger partial charge is 0.484 e. The summed E-state index contributed by atoms with van der Waals surface area (Å²) in [4.78, 5) is 16.3. The summed E-state index contributed by atoms with van der Waals surface area (Å²) in [6, 6.07) is 11.5. The van der Waals surface area contributed by atoms with Crippen LogP contribution in [0.25, 0.3) is 0 Å². The molecule has 3 aromatic rings. The number of hydrogen-bond donors (Lipinski definition) is 1. The lowest BCUT2D eigenvalue weighted by atomic mass is 9.92. The molecule has 2 heterocycles. The first-order chi connectivity index (χ1) is 13.7. The zero-order valence-electron chi connectivity index (χ0n) is 15.3. The van der Waals surface area contributed by atoms with Crippen LogP contribution in [0, 0.1) is 4.84 Å². The molecule has 2 aromatic heterocycles. The Bertz CT molecular complexity index is 1030. The van der Waals surface area contributed by atoms with Gasteiger partial charge in [0.1, 0.15) is 18.1 Å². The summed E-state index contributed by atoms with van der Waals surface area (Å²) in [5, 5.41) is 6.92. The van der Waals surface area contributed by atoms with E-state index < -0.39 is 0 Å². The quantitative estimate of drug-likeness (QED) is 0.640. The van der Waals surface area contributed by atoms with Crippen molar-refractivity contribution in [2.45, 2.75) is 38.8 Å². The molecule has 144 valence electrons. The van der Waals surface area contributed by atoms with Gasteiger partial charge in [-0.1, -0.05) is 12.1 Å². The number of rotatable bonds is 6. The fourth-order valence-corrected chi connectivity index (χ4v) is 3.41. The molecule has 4 rings (SSSR count). The van der Waals surface area contributed by atoms with Gasteiger partial charge < -0.3 is 14.5 Å². The zero-order chi connectivity index (χ0) is 19.3. The van der Waals surface area contributed by atoms with Gasteiger partial charge in [0.2, 0.25) is 5.91 Å². The summed E-state index contributed by atoms with van der Waals surface area (Å²) in [5.41, 5.74) is 2.75. The van der Waals surface area contributed by atoms with Crippen molar-refractivity contribution in [2.24, 2.45) is 0 Å². The van der Waals surface area contributed by atoms with Crippen LogP contribution in [0.5, 0.6) is 5.75 Å². The van der Waals surface area contributed by atoms with Crippen LogP contribution in [0.2, 0.25) is 0 Å². The van der Waals surface area contributed by atoms with Gasteiger partial charge in [-0.05, 0) is 73.3 Å². The van der Waals surface area contributed by atoms with Gasteiger partial charge >= 0.3 is 0 Å². The molecule has 1 N–H and O–H groups in total. The summed E-state index contributed by atoms with van der Waals surface area (Å²) in [5.74, 6) is 1.29. The van der Waals surface area contributed by atoms with Crippen LogP contribution in [0.15, 0.2) is 47.0 Å². The van der Waals surface area contributed by atoms with Crippen molar-refractivity contribution in [1.82, 2.24) is 14.8 Å². The van der Waals surface area contributed by atoms with E-state index in [1.54, 1.807) is 24.4 Å². The fraction of sp³-hybridized carbons (Fsp3) is 0.300. The Morgan fingerprint density at radius 2 is 2.07 bits per heavy atom. The van der Waals surface area contributed by atoms with Crippen molar-refractivity contribution in [1.29, 1.82) is 0 Å². The molecule has 1 amide bonds. The Balaban J connectivity index is 1.36. The lowest BCUT2D eigenvalue weighted by Crippen LogP contribution is -2.20. The molecule has 0 fully saturated rings. The molecule has 28 heavy (non-hydrogen) atoms. The van der Waals surface area contributed by atoms with E-state index in [-0.39, 0.29) is 23.9 Å². The van der Waals surface area contributed by atoms with Crippen molar-refractivity contribution in [3.63, 3.8) is 0 Å². The minimum atomic E-state index is -0.287. The Hall–Kier alpha value is -3.00. The molecule has 1 aliphatic carbocycles. The molecular formula is C20H20N4O3S. The smallest absolute Gasteiger partial charge is 0.287 e. The molecule has 0 radical (unpaired) electrons. The normalized spacial score (nSPS) is 13.0. The second-order valence-electron chi connectivity index (χ2n) is 6.61. The van der Waals surface area contributed by atoms with Gasteiger partial charge in [-0.3, -0.25) is 4.79 Å². The van der Waals surface area contributed by atoms with Crippen LogP contribution in [0.4, 0.5) is 5.82 Å². The lowest BCUT2D eigenvalue weighted by Gasteiger charge is -2.16. The number of anilines is 1. The molecule has 0 spiro atoms. The number of ether oxygens (including phenoxy) is 1. The highest BCUT2D eigenvalue weighted by atomic mass is 32.1. The van der Waals surface area contributed by atoms with Crippen molar-refractivity contribution < 1.29 is 13.9 Å². The van der Waals surface area contributed by atoms with Crippen molar-refractivity contribution in [3.05, 3.63) is 64.5 Å². The highest BCUT2D eigenvalue weighted by molar-refractivity contribution is 7.71. The fourth-order valence-electron chi connectivity index (χ4n) is 3.21. The third kappa shape index (κ3) is 4.45. The minimum Gasteiger partial charge on any atom is -0.484 e. The van der Waals surface area contributed by atoms with Gasteiger partial charge in [-0.2, -0.15) is 0 Å². The molecule has 1 aliphatic rings. The van der Waals surface area contributed by atoms with E-state index in [4.69, 9.17) is 21.4 Å². The van der Waals surface area contributed by atoms with Crippen LogP contribution in [-0.2, 0) is 30.8 Å².